The van der Waals surface area contributed by atoms with Crippen molar-refractivity contribution in [3.63, 3.8) is 0 Å². The zero-order chi connectivity index (χ0) is 17.4. The van der Waals surface area contributed by atoms with Crippen molar-refractivity contribution < 1.29 is 9.53 Å². The van der Waals surface area contributed by atoms with E-state index in [1.807, 2.05) is 49.0 Å². The van der Waals surface area contributed by atoms with Gasteiger partial charge in [-0.05, 0) is 25.5 Å². The fourth-order valence-electron chi connectivity index (χ4n) is 1.94. The molecule has 0 aliphatic carbocycles. The summed E-state index contributed by atoms with van der Waals surface area (Å²) in [5.74, 6) is 1.44. The number of nitrogens with zero attached hydrogens (tertiary/aromatic N) is 2. The smallest absolute Gasteiger partial charge is 0.319 e. The van der Waals surface area contributed by atoms with Gasteiger partial charge in [-0.25, -0.2) is 9.78 Å². The number of carbonyl (C=O) groups is 1. The van der Waals surface area contributed by atoms with Gasteiger partial charge in [0.25, 0.3) is 0 Å². The summed E-state index contributed by atoms with van der Waals surface area (Å²) in [6, 6.07) is 7.22. The van der Waals surface area contributed by atoms with Crippen molar-refractivity contribution in [2.45, 2.75) is 31.5 Å². The van der Waals surface area contributed by atoms with Crippen LogP contribution in [-0.2, 0) is 7.05 Å². The zero-order valence-electron chi connectivity index (χ0n) is 14.3. The molecule has 7 heteroatoms. The molecule has 0 bridgehead atoms. The summed E-state index contributed by atoms with van der Waals surface area (Å²) in [7, 11) is 1.95. The Morgan fingerprint density at radius 2 is 2.21 bits per heavy atom. The number of thioether (sulfide) groups is 1. The topological polar surface area (TPSA) is 68.2 Å². The Balaban J connectivity index is 1.79. The highest BCUT2D eigenvalue weighted by Crippen LogP contribution is 2.25. The second-order valence-electron chi connectivity index (χ2n) is 5.38. The molecule has 0 spiro atoms. The first-order chi connectivity index (χ1) is 11.6. The van der Waals surface area contributed by atoms with Crippen LogP contribution in [0.15, 0.2) is 41.8 Å². The number of benzene rings is 1. The number of hydrogen-bond donors (Lipinski definition) is 2. The van der Waals surface area contributed by atoms with Crippen LogP contribution in [0.1, 0.15) is 20.3 Å². The van der Waals surface area contributed by atoms with Crippen molar-refractivity contribution in [2.75, 3.05) is 17.6 Å². The number of aromatic nitrogens is 2. The number of hydrogen-bond acceptors (Lipinski definition) is 4. The maximum Gasteiger partial charge on any atom is 0.319 e. The van der Waals surface area contributed by atoms with E-state index in [0.717, 1.165) is 17.3 Å². The van der Waals surface area contributed by atoms with Gasteiger partial charge < -0.3 is 19.9 Å². The van der Waals surface area contributed by atoms with Gasteiger partial charge in [0.2, 0.25) is 0 Å². The molecular formula is C17H24N4O2S. The second kappa shape index (κ2) is 9.22. The lowest BCUT2D eigenvalue weighted by atomic mass is 10.2. The molecule has 0 saturated heterocycles. The molecule has 6 nitrogen and oxygen atoms in total. The van der Waals surface area contributed by atoms with Crippen LogP contribution in [0.25, 0.3) is 0 Å². The number of urea groups is 1. The van der Waals surface area contributed by atoms with Crippen LogP contribution < -0.4 is 15.4 Å². The van der Waals surface area contributed by atoms with E-state index in [-0.39, 0.29) is 12.1 Å². The van der Waals surface area contributed by atoms with E-state index < -0.39 is 0 Å². The predicted octanol–water partition coefficient (Wildman–Crippen LogP) is 3.51. The molecule has 1 atom stereocenters. The monoisotopic (exact) mass is 348 g/mol. The summed E-state index contributed by atoms with van der Waals surface area (Å²) in [5.41, 5.74) is 0.673. The van der Waals surface area contributed by atoms with E-state index in [1.165, 1.54) is 0 Å². The quantitative estimate of drug-likeness (QED) is 0.566. The third kappa shape index (κ3) is 5.49. The largest absolute Gasteiger partial charge is 0.489 e. The van der Waals surface area contributed by atoms with Gasteiger partial charge in [-0.15, -0.1) is 0 Å². The van der Waals surface area contributed by atoms with Gasteiger partial charge in [0, 0.05) is 31.7 Å². The summed E-state index contributed by atoms with van der Waals surface area (Å²) in [6.45, 7) is 4.62. The summed E-state index contributed by atoms with van der Waals surface area (Å²) in [4.78, 5) is 16.3. The van der Waals surface area contributed by atoms with Gasteiger partial charge in [0.05, 0.1) is 11.8 Å². The Labute approximate surface area is 147 Å². The number of imidazole rings is 1. The normalized spacial score (nSPS) is 11.8. The summed E-state index contributed by atoms with van der Waals surface area (Å²) in [5, 5.41) is 6.62. The van der Waals surface area contributed by atoms with Crippen LogP contribution in [0.4, 0.5) is 10.5 Å². The number of rotatable bonds is 8. The predicted molar refractivity (Wildman–Crippen MR) is 97.8 cm³/mol. The van der Waals surface area contributed by atoms with Crippen molar-refractivity contribution in [1.29, 1.82) is 0 Å². The maximum atomic E-state index is 12.0. The Morgan fingerprint density at radius 1 is 1.42 bits per heavy atom. The number of carbonyl (C=O) groups excluding carboxylic acids is 1. The van der Waals surface area contributed by atoms with Gasteiger partial charge in [0.1, 0.15) is 5.75 Å². The van der Waals surface area contributed by atoms with E-state index in [1.54, 1.807) is 18.0 Å². The first kappa shape index (κ1) is 18.2. The van der Waals surface area contributed by atoms with Crippen molar-refractivity contribution in [3.8, 4) is 5.75 Å². The lowest BCUT2D eigenvalue weighted by Gasteiger charge is -2.16. The zero-order valence-corrected chi connectivity index (χ0v) is 15.1. The van der Waals surface area contributed by atoms with Gasteiger partial charge >= 0.3 is 6.03 Å². The molecular weight excluding hydrogens is 324 g/mol. The molecule has 2 N–H and O–H groups in total. The molecule has 0 saturated carbocycles. The third-order valence-corrected chi connectivity index (χ3v) is 4.49. The maximum absolute atomic E-state index is 12.0. The van der Waals surface area contributed by atoms with Crippen molar-refractivity contribution in [3.05, 3.63) is 36.7 Å². The van der Waals surface area contributed by atoms with E-state index in [0.29, 0.717) is 18.0 Å². The lowest BCUT2D eigenvalue weighted by Crippen LogP contribution is -2.30. The van der Waals surface area contributed by atoms with E-state index in [9.17, 15) is 4.79 Å². The third-order valence-electron chi connectivity index (χ3n) is 3.43. The number of ether oxygens (including phenoxy) is 1. The lowest BCUT2D eigenvalue weighted by molar-refractivity contribution is 0.218. The molecule has 130 valence electrons. The fraction of sp³-hybridized carbons (Fsp3) is 0.412. The number of aryl methyl sites for hydroxylation is 1. The van der Waals surface area contributed by atoms with E-state index in [4.69, 9.17) is 4.74 Å². The molecule has 1 aromatic heterocycles. The highest BCUT2D eigenvalue weighted by atomic mass is 32.2. The molecule has 1 heterocycles. The Hall–Kier alpha value is -2.15. The summed E-state index contributed by atoms with van der Waals surface area (Å²) >= 11 is 1.60. The van der Waals surface area contributed by atoms with Gasteiger partial charge in [0.15, 0.2) is 5.16 Å². The summed E-state index contributed by atoms with van der Waals surface area (Å²) < 4.78 is 7.78. The molecule has 2 rings (SSSR count). The highest BCUT2D eigenvalue weighted by molar-refractivity contribution is 7.99. The van der Waals surface area contributed by atoms with Gasteiger partial charge in [-0.2, -0.15) is 0 Å². The van der Waals surface area contributed by atoms with Gasteiger partial charge in [-0.3, -0.25) is 0 Å². The van der Waals surface area contributed by atoms with Crippen molar-refractivity contribution >= 4 is 23.5 Å². The Kier molecular flexibility index (Phi) is 6.99. The average molecular weight is 348 g/mol. The van der Waals surface area contributed by atoms with Crippen LogP contribution in [-0.4, -0.2) is 34.0 Å². The molecule has 2 aromatic rings. The number of anilines is 1. The molecule has 2 amide bonds. The van der Waals surface area contributed by atoms with Crippen LogP contribution in [0.2, 0.25) is 0 Å². The van der Waals surface area contributed by atoms with Crippen molar-refractivity contribution in [1.82, 2.24) is 14.9 Å². The first-order valence-corrected chi connectivity index (χ1v) is 8.99. The van der Waals surface area contributed by atoms with E-state index >= 15 is 0 Å². The highest BCUT2D eigenvalue weighted by Gasteiger charge is 2.09. The minimum absolute atomic E-state index is 0.102. The minimum Gasteiger partial charge on any atom is -0.489 e. The molecule has 24 heavy (non-hydrogen) atoms. The van der Waals surface area contributed by atoms with Gasteiger partial charge in [-0.1, -0.05) is 30.8 Å². The number of amides is 2. The SMILES string of the molecule is CCC(C)Oc1ccccc1NC(=O)NCCSc1nccn1C. The minimum atomic E-state index is -0.240. The molecule has 0 aliphatic rings. The van der Waals surface area contributed by atoms with Crippen LogP contribution >= 0.6 is 11.8 Å². The molecule has 1 aromatic carbocycles. The standard InChI is InChI=1S/C17H24N4O2S/c1-4-13(2)23-15-8-6-5-7-14(15)20-16(22)18-10-12-24-17-19-9-11-21(17)3/h5-9,11,13H,4,10,12H2,1-3H3,(H2,18,20,22). The first-order valence-electron chi connectivity index (χ1n) is 8.00. The molecule has 0 fully saturated rings. The van der Waals surface area contributed by atoms with Crippen LogP contribution in [0, 0.1) is 0 Å². The summed E-state index contributed by atoms with van der Waals surface area (Å²) in [6.07, 6.45) is 4.67. The molecule has 1 unspecified atom stereocenters. The van der Waals surface area contributed by atoms with Crippen LogP contribution in [0.3, 0.4) is 0 Å². The number of nitrogens with one attached hydrogen (secondary N) is 2. The van der Waals surface area contributed by atoms with Crippen molar-refractivity contribution in [2.24, 2.45) is 7.05 Å². The molecule has 0 radical (unpaired) electrons. The number of para-hydroxylation sites is 2. The Bertz CT molecular complexity index is 660. The second-order valence-corrected chi connectivity index (χ2v) is 6.45. The van der Waals surface area contributed by atoms with Crippen LogP contribution in [0.5, 0.6) is 5.75 Å². The molecule has 0 aliphatic heterocycles. The Morgan fingerprint density at radius 3 is 2.92 bits per heavy atom. The average Bonchev–Trinajstić information content (AvgIpc) is 2.98. The fourth-order valence-corrected chi connectivity index (χ4v) is 2.72. The van der Waals surface area contributed by atoms with E-state index in [2.05, 4.69) is 22.5 Å².